The molecule has 0 unspecified atom stereocenters. The molecule has 0 radical (unpaired) electrons. The second-order valence-corrected chi connectivity index (χ2v) is 12.5. The molecule has 2 N–H and O–H groups in total. The van der Waals surface area contributed by atoms with Gasteiger partial charge < -0.3 is 19.8 Å². The van der Waals surface area contributed by atoms with E-state index in [1.54, 1.807) is 0 Å². The van der Waals surface area contributed by atoms with Gasteiger partial charge in [0.05, 0.1) is 36.9 Å². The Morgan fingerprint density at radius 2 is 0.955 bits per heavy atom. The fraction of sp³-hybridized carbons (Fsp3) is 0.444. The van der Waals surface area contributed by atoms with Gasteiger partial charge in [0.2, 0.25) is 11.8 Å². The second-order valence-electron chi connectivity index (χ2n) is 12.5. The van der Waals surface area contributed by atoms with Gasteiger partial charge in [-0.2, -0.15) is 0 Å². The molecule has 44 heavy (non-hydrogen) atoms. The number of hydrogen-bond donors (Lipinski definition) is 2. The van der Waals surface area contributed by atoms with Gasteiger partial charge in [-0.15, -0.1) is 0 Å². The van der Waals surface area contributed by atoms with Crippen molar-refractivity contribution in [2.75, 3.05) is 13.1 Å². The number of imidazole rings is 2. The van der Waals surface area contributed by atoms with Crippen LogP contribution in [0.2, 0.25) is 0 Å². The van der Waals surface area contributed by atoms with E-state index in [1.165, 1.54) is 0 Å². The Kier molecular flexibility index (Phi) is 11.5. The number of hydrogen-bond acceptors (Lipinski definition) is 4. The van der Waals surface area contributed by atoms with E-state index in [1.807, 2.05) is 22.2 Å². The molecule has 0 bridgehead atoms. The van der Waals surface area contributed by atoms with E-state index in [4.69, 9.17) is 0 Å². The van der Waals surface area contributed by atoms with Gasteiger partial charge in [0.15, 0.2) is 0 Å². The zero-order valence-electron chi connectivity index (χ0n) is 27.2. The molecule has 2 aromatic heterocycles. The monoisotopic (exact) mass is 596 g/mol. The van der Waals surface area contributed by atoms with E-state index in [9.17, 15) is 9.59 Å². The van der Waals surface area contributed by atoms with Crippen molar-refractivity contribution in [1.29, 1.82) is 0 Å². The highest BCUT2D eigenvalue weighted by Crippen LogP contribution is 2.27. The van der Waals surface area contributed by atoms with Gasteiger partial charge in [0, 0.05) is 25.9 Å². The van der Waals surface area contributed by atoms with Crippen LogP contribution in [-0.4, -0.2) is 54.6 Å². The first kappa shape index (κ1) is 32.7. The summed E-state index contributed by atoms with van der Waals surface area (Å²) in [6, 6.07) is 16.8. The molecule has 234 valence electrons. The summed E-state index contributed by atoms with van der Waals surface area (Å²) in [5.41, 5.74) is 6.22. The van der Waals surface area contributed by atoms with Crippen LogP contribution < -0.4 is 0 Å². The van der Waals surface area contributed by atoms with E-state index in [0.717, 1.165) is 71.2 Å². The van der Waals surface area contributed by atoms with Crippen LogP contribution in [0.3, 0.4) is 0 Å². The molecule has 2 aromatic carbocycles. The van der Waals surface area contributed by atoms with Gasteiger partial charge in [0.25, 0.3) is 0 Å². The number of rotatable bonds is 15. The van der Waals surface area contributed by atoms with E-state index in [2.05, 4.69) is 110 Å². The normalized spacial score (nSPS) is 11.4. The Bertz CT molecular complexity index is 1370. The minimum atomic E-state index is 0.176. The molecule has 0 fully saturated rings. The fourth-order valence-electron chi connectivity index (χ4n) is 5.31. The smallest absolute Gasteiger partial charge is 0.223 e. The standard InChI is InChI=1S/C36H48N6O2/c1-7-17-41(35(43)19-25(3)4)23-33-37-21-31(39-33)29-13-9-27(10-14-29)28-11-15-30(16-12-28)32-22-38-34(40-32)24-42(18-8-2)36(44)20-26(5)6/h9-16,21-22,25-26H,7-8,17-20,23-24H2,1-6H3,(H,37,39)(H,38,40). The molecule has 0 aliphatic heterocycles. The van der Waals surface area contributed by atoms with Gasteiger partial charge >= 0.3 is 0 Å². The second kappa shape index (κ2) is 15.5. The molecule has 0 atom stereocenters. The van der Waals surface area contributed by atoms with Crippen molar-refractivity contribution in [2.24, 2.45) is 11.8 Å². The zero-order chi connectivity index (χ0) is 31.6. The quantitative estimate of drug-likeness (QED) is 0.147. The minimum Gasteiger partial charge on any atom is -0.341 e. The minimum absolute atomic E-state index is 0.176. The van der Waals surface area contributed by atoms with Crippen molar-refractivity contribution in [1.82, 2.24) is 29.7 Å². The average Bonchev–Trinajstić information content (AvgIpc) is 3.66. The summed E-state index contributed by atoms with van der Waals surface area (Å²) in [7, 11) is 0. The van der Waals surface area contributed by atoms with Gasteiger partial charge in [-0.25, -0.2) is 9.97 Å². The van der Waals surface area contributed by atoms with Crippen molar-refractivity contribution >= 4 is 11.8 Å². The van der Waals surface area contributed by atoms with Crippen molar-refractivity contribution in [2.45, 2.75) is 80.3 Å². The zero-order valence-corrected chi connectivity index (χ0v) is 27.2. The highest BCUT2D eigenvalue weighted by atomic mass is 16.2. The molecule has 2 heterocycles. The van der Waals surface area contributed by atoms with Gasteiger partial charge in [-0.05, 0) is 46.9 Å². The first-order valence-electron chi connectivity index (χ1n) is 16.0. The van der Waals surface area contributed by atoms with Crippen LogP contribution in [0.15, 0.2) is 60.9 Å². The first-order chi connectivity index (χ1) is 21.2. The molecule has 2 amide bonds. The van der Waals surface area contributed by atoms with E-state index < -0.39 is 0 Å². The van der Waals surface area contributed by atoms with Crippen LogP contribution in [0.4, 0.5) is 0 Å². The number of aromatic nitrogens is 4. The largest absolute Gasteiger partial charge is 0.341 e. The van der Waals surface area contributed by atoms with Crippen LogP contribution >= 0.6 is 0 Å². The SMILES string of the molecule is CCCN(Cc1ncc(-c2ccc(-c3ccc(-c4cnc(CN(CCC)C(=O)CC(C)C)[nH]4)cc3)cc2)[nH]1)C(=O)CC(C)C. The predicted molar refractivity (Wildman–Crippen MR) is 177 cm³/mol. The average molecular weight is 597 g/mol. The summed E-state index contributed by atoms with van der Waals surface area (Å²) in [6.07, 6.45) is 6.63. The van der Waals surface area contributed by atoms with Crippen LogP contribution in [-0.2, 0) is 22.7 Å². The number of carbonyl (C=O) groups excluding carboxylic acids is 2. The Morgan fingerprint density at radius 3 is 1.27 bits per heavy atom. The summed E-state index contributed by atoms with van der Waals surface area (Å²) in [6.45, 7) is 14.9. The Morgan fingerprint density at radius 1 is 0.614 bits per heavy atom. The van der Waals surface area contributed by atoms with Gasteiger partial charge in [0.1, 0.15) is 11.6 Å². The number of H-pyrrole nitrogens is 2. The lowest BCUT2D eigenvalue weighted by molar-refractivity contribution is -0.133. The molecule has 4 rings (SSSR count). The van der Waals surface area contributed by atoms with Crippen LogP contribution in [0.25, 0.3) is 33.6 Å². The van der Waals surface area contributed by atoms with Crippen LogP contribution in [0.1, 0.15) is 78.9 Å². The maximum absolute atomic E-state index is 12.7. The maximum atomic E-state index is 12.7. The van der Waals surface area contributed by atoms with Crippen LogP contribution in [0.5, 0.6) is 0 Å². The number of carbonyl (C=O) groups is 2. The molecule has 0 saturated carbocycles. The molecule has 0 saturated heterocycles. The predicted octanol–water partition coefficient (Wildman–Crippen LogP) is 7.70. The fourth-order valence-corrected chi connectivity index (χ4v) is 5.31. The van der Waals surface area contributed by atoms with Crippen molar-refractivity contribution in [3.05, 3.63) is 72.6 Å². The van der Waals surface area contributed by atoms with Gasteiger partial charge in [-0.1, -0.05) is 90.1 Å². The van der Waals surface area contributed by atoms with Crippen molar-refractivity contribution < 1.29 is 9.59 Å². The molecule has 0 aliphatic rings. The Balaban J connectivity index is 1.39. The lowest BCUT2D eigenvalue weighted by Gasteiger charge is -2.22. The summed E-state index contributed by atoms with van der Waals surface area (Å²) in [5, 5.41) is 0. The van der Waals surface area contributed by atoms with E-state index >= 15 is 0 Å². The molecule has 8 heteroatoms. The third-order valence-electron chi connectivity index (χ3n) is 7.52. The topological polar surface area (TPSA) is 98.0 Å². The summed E-state index contributed by atoms with van der Waals surface area (Å²) < 4.78 is 0. The van der Waals surface area contributed by atoms with E-state index in [-0.39, 0.29) is 11.8 Å². The number of nitrogens with zero attached hydrogens (tertiary/aromatic N) is 4. The van der Waals surface area contributed by atoms with Crippen molar-refractivity contribution in [3.63, 3.8) is 0 Å². The number of aromatic amines is 2. The summed E-state index contributed by atoms with van der Waals surface area (Å²) >= 11 is 0. The summed E-state index contributed by atoms with van der Waals surface area (Å²) in [4.78, 5) is 45.1. The molecular weight excluding hydrogens is 548 g/mol. The molecule has 0 spiro atoms. The maximum Gasteiger partial charge on any atom is 0.223 e. The number of amides is 2. The molecule has 4 aromatic rings. The molecule has 0 aliphatic carbocycles. The molecule has 8 nitrogen and oxygen atoms in total. The number of benzene rings is 2. The Hall–Kier alpha value is -4.20. The Labute approximate surface area is 262 Å². The summed E-state index contributed by atoms with van der Waals surface area (Å²) in [5.74, 6) is 2.62. The number of nitrogens with one attached hydrogen (secondary N) is 2. The highest BCUT2D eigenvalue weighted by molar-refractivity contribution is 5.77. The molecular formula is C36H48N6O2. The lowest BCUT2D eigenvalue weighted by atomic mass is 10.0. The lowest BCUT2D eigenvalue weighted by Crippen LogP contribution is -2.32. The third-order valence-corrected chi connectivity index (χ3v) is 7.52. The highest BCUT2D eigenvalue weighted by Gasteiger charge is 2.18. The van der Waals surface area contributed by atoms with E-state index in [0.29, 0.717) is 37.8 Å². The van der Waals surface area contributed by atoms with Crippen molar-refractivity contribution in [3.8, 4) is 33.6 Å². The van der Waals surface area contributed by atoms with Crippen LogP contribution in [0, 0.1) is 11.8 Å². The van der Waals surface area contributed by atoms with Gasteiger partial charge in [-0.3, -0.25) is 9.59 Å². The first-order valence-corrected chi connectivity index (χ1v) is 16.0. The third kappa shape index (κ3) is 8.91.